The van der Waals surface area contributed by atoms with Gasteiger partial charge in [0.1, 0.15) is 0 Å². The molecular formula is C30H36N2O5. The highest BCUT2D eigenvalue weighted by Crippen LogP contribution is 2.22. The molecule has 3 aliphatic rings. The Bertz CT molecular complexity index is 1270. The van der Waals surface area contributed by atoms with Crippen LogP contribution in [0.25, 0.3) is 0 Å². The van der Waals surface area contributed by atoms with Crippen molar-refractivity contribution in [1.29, 1.82) is 0 Å². The normalized spacial score (nSPS) is 13.5. The molecule has 3 aliphatic heterocycles. The van der Waals surface area contributed by atoms with E-state index < -0.39 is 11.9 Å². The largest absolute Gasteiger partial charge is 0.386 e. The van der Waals surface area contributed by atoms with Crippen molar-refractivity contribution in [2.24, 2.45) is 0 Å². The minimum absolute atomic E-state index is 0. The van der Waals surface area contributed by atoms with Crippen molar-refractivity contribution in [2.75, 3.05) is 0 Å². The summed E-state index contributed by atoms with van der Waals surface area (Å²) in [6.07, 6.45) is 0. The molecule has 7 nitrogen and oxygen atoms in total. The Balaban J connectivity index is 0.000000268. The minimum atomic E-state index is -0.543. The standard InChI is InChI=1S/C9H7NO2.C9H11N.C9H6O3.3CH4/c1-5-3-2-4-6-7(5)9(12)10-8(6)11;1-7-3-2-4-8-5-10-6-9(7)8;1-5-3-2-4-6-7(5)9(11)12-8(6)10;;;/h2-4H,1H3,(H,10,11,12);2-4,10H,5-6H2,1H3;2-4H,1H3;3*1H4. The summed E-state index contributed by atoms with van der Waals surface area (Å²) in [5.74, 6) is -1.65. The smallest absolute Gasteiger partial charge is 0.347 e. The summed E-state index contributed by atoms with van der Waals surface area (Å²) in [6.45, 7) is 7.88. The molecule has 0 unspecified atom stereocenters. The van der Waals surface area contributed by atoms with Crippen LogP contribution in [0.4, 0.5) is 0 Å². The summed E-state index contributed by atoms with van der Waals surface area (Å²) in [5, 5.41) is 5.57. The molecule has 0 spiro atoms. The van der Waals surface area contributed by atoms with Crippen LogP contribution < -0.4 is 10.6 Å². The van der Waals surface area contributed by atoms with Gasteiger partial charge in [0.15, 0.2) is 0 Å². The zero-order valence-corrected chi connectivity index (χ0v) is 19.2. The number of benzene rings is 3. The second-order valence-corrected chi connectivity index (χ2v) is 8.27. The van der Waals surface area contributed by atoms with Crippen LogP contribution in [0.1, 0.15) is 91.5 Å². The number of hydrogen-bond donors (Lipinski definition) is 2. The summed E-state index contributed by atoms with van der Waals surface area (Å²) in [4.78, 5) is 44.3. The second-order valence-electron chi connectivity index (χ2n) is 8.27. The Morgan fingerprint density at radius 1 is 0.622 bits per heavy atom. The topological polar surface area (TPSA) is 102 Å². The lowest BCUT2D eigenvalue weighted by Gasteiger charge is -1.99. The van der Waals surface area contributed by atoms with Crippen LogP contribution in [0.3, 0.4) is 0 Å². The van der Waals surface area contributed by atoms with Crippen molar-refractivity contribution in [3.05, 3.63) is 105 Å². The van der Waals surface area contributed by atoms with E-state index in [0.29, 0.717) is 22.3 Å². The van der Waals surface area contributed by atoms with Gasteiger partial charge in [0.05, 0.1) is 22.3 Å². The highest BCUT2D eigenvalue weighted by Gasteiger charge is 2.30. The average molecular weight is 505 g/mol. The fraction of sp³-hybridized carbons (Fsp3) is 0.267. The molecule has 7 heteroatoms. The number of rotatable bonds is 0. The molecule has 3 heterocycles. The number of imide groups is 1. The number of nitrogens with one attached hydrogen (secondary N) is 2. The van der Waals surface area contributed by atoms with Crippen molar-refractivity contribution in [3.63, 3.8) is 0 Å². The fourth-order valence-electron chi connectivity index (χ4n) is 4.19. The Labute approximate surface area is 219 Å². The predicted octanol–water partition coefficient (Wildman–Crippen LogP) is 5.69. The molecule has 37 heavy (non-hydrogen) atoms. The van der Waals surface area contributed by atoms with E-state index in [-0.39, 0.29) is 34.1 Å². The Kier molecular flexibility index (Phi) is 10.6. The lowest BCUT2D eigenvalue weighted by molar-refractivity contribution is 0.0443. The number of amides is 2. The van der Waals surface area contributed by atoms with Gasteiger partial charge in [-0.1, -0.05) is 64.7 Å². The lowest BCUT2D eigenvalue weighted by Crippen LogP contribution is -2.20. The molecule has 6 rings (SSSR count). The van der Waals surface area contributed by atoms with Crippen LogP contribution in [0, 0.1) is 20.8 Å². The van der Waals surface area contributed by atoms with Gasteiger partial charge < -0.3 is 10.1 Å². The van der Waals surface area contributed by atoms with E-state index in [4.69, 9.17) is 0 Å². The zero-order valence-electron chi connectivity index (χ0n) is 19.2. The van der Waals surface area contributed by atoms with Crippen molar-refractivity contribution in [3.8, 4) is 0 Å². The van der Waals surface area contributed by atoms with Gasteiger partial charge in [-0.2, -0.15) is 0 Å². The van der Waals surface area contributed by atoms with Crippen LogP contribution >= 0.6 is 0 Å². The first-order chi connectivity index (χ1) is 16.3. The van der Waals surface area contributed by atoms with Crippen LogP contribution in [-0.4, -0.2) is 23.8 Å². The van der Waals surface area contributed by atoms with Gasteiger partial charge in [-0.25, -0.2) is 9.59 Å². The van der Waals surface area contributed by atoms with Gasteiger partial charge in [0.25, 0.3) is 11.8 Å². The molecule has 2 N–H and O–H groups in total. The monoisotopic (exact) mass is 504 g/mol. The van der Waals surface area contributed by atoms with Crippen LogP contribution in [-0.2, 0) is 17.8 Å². The average Bonchev–Trinajstić information content (AvgIpc) is 3.48. The van der Waals surface area contributed by atoms with E-state index in [2.05, 4.69) is 40.5 Å². The van der Waals surface area contributed by atoms with Crippen LogP contribution in [0.2, 0.25) is 0 Å². The van der Waals surface area contributed by atoms with E-state index >= 15 is 0 Å². The number of fused-ring (bicyclic) bond motifs is 3. The molecule has 0 aromatic heterocycles. The molecule has 0 bridgehead atoms. The van der Waals surface area contributed by atoms with Gasteiger partial charge in [-0.3, -0.25) is 14.9 Å². The Hall–Kier alpha value is -4.10. The summed E-state index contributed by atoms with van der Waals surface area (Å²) in [6, 6.07) is 16.8. The van der Waals surface area contributed by atoms with Crippen molar-refractivity contribution in [1.82, 2.24) is 10.6 Å². The number of aryl methyl sites for hydroxylation is 3. The molecule has 2 amide bonds. The number of carbonyl (C=O) groups excluding carboxylic acids is 4. The first-order valence-corrected chi connectivity index (χ1v) is 10.9. The molecule has 3 aromatic rings. The van der Waals surface area contributed by atoms with E-state index in [0.717, 1.165) is 24.2 Å². The summed E-state index contributed by atoms with van der Waals surface area (Å²) in [5.41, 5.74) is 7.80. The summed E-state index contributed by atoms with van der Waals surface area (Å²) >= 11 is 0. The molecule has 0 radical (unpaired) electrons. The number of carbonyl (C=O) groups is 4. The molecule has 3 aromatic carbocycles. The lowest BCUT2D eigenvalue weighted by atomic mass is 10.0. The van der Waals surface area contributed by atoms with E-state index in [1.807, 2.05) is 13.0 Å². The number of esters is 2. The first kappa shape index (κ1) is 30.9. The van der Waals surface area contributed by atoms with E-state index in [1.54, 1.807) is 37.3 Å². The summed E-state index contributed by atoms with van der Waals surface area (Å²) < 4.78 is 4.43. The maximum atomic E-state index is 11.2. The quantitative estimate of drug-likeness (QED) is 0.232. The number of hydrogen-bond acceptors (Lipinski definition) is 6. The van der Waals surface area contributed by atoms with Gasteiger partial charge in [-0.05, 0) is 60.7 Å². The van der Waals surface area contributed by atoms with Crippen molar-refractivity contribution >= 4 is 23.8 Å². The number of ether oxygens (including phenoxy) is 1. The maximum absolute atomic E-state index is 11.2. The zero-order chi connectivity index (χ0) is 24.4. The second kappa shape index (κ2) is 12.7. The highest BCUT2D eigenvalue weighted by atomic mass is 16.6. The van der Waals surface area contributed by atoms with Crippen LogP contribution in [0.15, 0.2) is 54.6 Å². The minimum Gasteiger partial charge on any atom is -0.386 e. The molecule has 0 saturated carbocycles. The third-order valence-corrected chi connectivity index (χ3v) is 5.98. The third kappa shape index (κ3) is 6.19. The Morgan fingerprint density at radius 2 is 1.19 bits per heavy atom. The predicted molar refractivity (Wildman–Crippen MR) is 146 cm³/mol. The third-order valence-electron chi connectivity index (χ3n) is 5.98. The highest BCUT2D eigenvalue weighted by molar-refractivity contribution is 6.22. The maximum Gasteiger partial charge on any atom is 0.347 e. The van der Waals surface area contributed by atoms with Crippen LogP contribution in [0.5, 0.6) is 0 Å². The van der Waals surface area contributed by atoms with E-state index in [1.165, 1.54) is 16.7 Å². The molecule has 0 atom stereocenters. The van der Waals surface area contributed by atoms with Gasteiger partial charge in [0, 0.05) is 13.1 Å². The van der Waals surface area contributed by atoms with Gasteiger partial charge in [0.2, 0.25) is 0 Å². The molecular weight excluding hydrogens is 468 g/mol. The Morgan fingerprint density at radius 3 is 1.78 bits per heavy atom. The fourth-order valence-corrected chi connectivity index (χ4v) is 4.19. The molecule has 0 saturated heterocycles. The van der Waals surface area contributed by atoms with Gasteiger partial charge >= 0.3 is 11.9 Å². The van der Waals surface area contributed by atoms with Crippen molar-refractivity contribution < 1.29 is 23.9 Å². The van der Waals surface area contributed by atoms with Gasteiger partial charge in [-0.15, -0.1) is 0 Å². The van der Waals surface area contributed by atoms with Crippen molar-refractivity contribution in [2.45, 2.75) is 56.1 Å². The number of cyclic esters (lactones) is 2. The molecule has 0 fully saturated rings. The summed E-state index contributed by atoms with van der Waals surface area (Å²) in [7, 11) is 0. The molecule has 196 valence electrons. The SMILES string of the molecule is C.C.C.Cc1cccc2c1C(=O)NC2=O.Cc1cccc2c1C(=O)OC2=O.Cc1cccc2c1CNC2. The first-order valence-electron chi connectivity index (χ1n) is 10.9. The van der Waals surface area contributed by atoms with E-state index in [9.17, 15) is 19.2 Å². The molecule has 0 aliphatic carbocycles.